The molecule has 3 aromatic rings. The Bertz CT molecular complexity index is 1110. The van der Waals surface area contributed by atoms with Gasteiger partial charge < -0.3 is 20.7 Å². The van der Waals surface area contributed by atoms with E-state index in [0.717, 1.165) is 9.47 Å². The van der Waals surface area contributed by atoms with Crippen LogP contribution in [0.1, 0.15) is 42.5 Å². The van der Waals surface area contributed by atoms with E-state index in [4.69, 9.17) is 4.74 Å². The van der Waals surface area contributed by atoms with Crippen LogP contribution in [0.2, 0.25) is 0 Å². The quantitative estimate of drug-likeness (QED) is 0.346. The molecule has 4 rings (SSSR count). The van der Waals surface area contributed by atoms with Gasteiger partial charge >= 0.3 is 0 Å². The summed E-state index contributed by atoms with van der Waals surface area (Å²) >= 11 is 2.84. The summed E-state index contributed by atoms with van der Waals surface area (Å²) in [7, 11) is 1.55. The molecule has 1 aliphatic rings. The lowest BCUT2D eigenvalue weighted by Gasteiger charge is -2.21. The summed E-state index contributed by atoms with van der Waals surface area (Å²) in [6, 6.07) is 14.4. The molecule has 3 N–H and O–H groups in total. The Kier molecular flexibility index (Phi) is 8.37. The van der Waals surface area contributed by atoms with Crippen molar-refractivity contribution < 1.29 is 14.3 Å². The van der Waals surface area contributed by atoms with Gasteiger partial charge in [0.2, 0.25) is 11.0 Å². The van der Waals surface area contributed by atoms with Crippen LogP contribution in [0.25, 0.3) is 0 Å². The smallest absolute Gasteiger partial charge is 0.255 e. The fourth-order valence-corrected chi connectivity index (χ4v) is 5.35. The van der Waals surface area contributed by atoms with Crippen LogP contribution in [0.4, 0.5) is 16.5 Å². The van der Waals surface area contributed by atoms with Gasteiger partial charge in [0.15, 0.2) is 4.34 Å². The van der Waals surface area contributed by atoms with E-state index in [0.29, 0.717) is 28.7 Å². The van der Waals surface area contributed by atoms with Crippen LogP contribution in [0, 0.1) is 0 Å². The van der Waals surface area contributed by atoms with Gasteiger partial charge in [-0.1, -0.05) is 54.5 Å². The van der Waals surface area contributed by atoms with E-state index in [-0.39, 0.29) is 17.6 Å². The van der Waals surface area contributed by atoms with Crippen molar-refractivity contribution in [2.24, 2.45) is 0 Å². The number of hydrogen-bond donors (Lipinski definition) is 3. The van der Waals surface area contributed by atoms with Crippen LogP contribution in [0.3, 0.4) is 0 Å². The highest BCUT2D eigenvalue weighted by molar-refractivity contribution is 8.01. The minimum Gasteiger partial charge on any atom is -0.495 e. The molecule has 0 saturated heterocycles. The Morgan fingerprint density at radius 3 is 2.56 bits per heavy atom. The fraction of sp³-hybridized carbons (Fsp3) is 0.333. The number of benzene rings is 2. The second-order valence-corrected chi connectivity index (χ2v) is 10.1. The van der Waals surface area contributed by atoms with Crippen LogP contribution in [0.15, 0.2) is 52.9 Å². The Morgan fingerprint density at radius 2 is 1.79 bits per heavy atom. The van der Waals surface area contributed by atoms with Crippen molar-refractivity contribution in [1.29, 1.82) is 0 Å². The molecule has 8 nitrogen and oxygen atoms in total. The number of thioether (sulfide) groups is 1. The van der Waals surface area contributed by atoms with Crippen LogP contribution >= 0.6 is 23.1 Å². The van der Waals surface area contributed by atoms with Gasteiger partial charge in [-0.15, -0.1) is 10.2 Å². The van der Waals surface area contributed by atoms with E-state index < -0.39 is 0 Å². The monoisotopic (exact) mass is 497 g/mol. The number of hydrogen-bond acceptors (Lipinski definition) is 8. The lowest BCUT2D eigenvalue weighted by Crippen LogP contribution is -2.21. The van der Waals surface area contributed by atoms with Gasteiger partial charge in [-0.3, -0.25) is 9.59 Å². The first kappa shape index (κ1) is 24.0. The van der Waals surface area contributed by atoms with Crippen molar-refractivity contribution in [3.8, 4) is 5.75 Å². The van der Waals surface area contributed by atoms with Gasteiger partial charge in [-0.25, -0.2) is 0 Å². The number of anilines is 3. The second-order valence-electron chi connectivity index (χ2n) is 7.92. The maximum Gasteiger partial charge on any atom is 0.255 e. The Labute approximate surface area is 206 Å². The normalized spacial score (nSPS) is 13.8. The summed E-state index contributed by atoms with van der Waals surface area (Å²) < 4.78 is 6.02. The summed E-state index contributed by atoms with van der Waals surface area (Å²) in [5.41, 5.74) is 1.69. The molecule has 1 heterocycles. The van der Waals surface area contributed by atoms with Crippen molar-refractivity contribution in [1.82, 2.24) is 10.2 Å². The van der Waals surface area contributed by atoms with Gasteiger partial charge in [0.25, 0.3) is 5.91 Å². The molecule has 1 fully saturated rings. The van der Waals surface area contributed by atoms with E-state index in [2.05, 4.69) is 26.1 Å². The molecule has 1 saturated carbocycles. The zero-order chi connectivity index (χ0) is 23.8. The van der Waals surface area contributed by atoms with Crippen molar-refractivity contribution >= 4 is 51.4 Å². The number of nitrogens with one attached hydrogen (secondary N) is 3. The van der Waals surface area contributed by atoms with Crippen LogP contribution < -0.4 is 20.7 Å². The van der Waals surface area contributed by atoms with Crippen LogP contribution in [-0.4, -0.2) is 40.9 Å². The van der Waals surface area contributed by atoms with Crippen molar-refractivity contribution in [3.63, 3.8) is 0 Å². The Morgan fingerprint density at radius 1 is 1.03 bits per heavy atom. The molecule has 2 aromatic carbocycles. The number of para-hydroxylation sites is 2. The van der Waals surface area contributed by atoms with Gasteiger partial charge in [0.05, 0.1) is 18.6 Å². The fourth-order valence-electron chi connectivity index (χ4n) is 3.72. The van der Waals surface area contributed by atoms with E-state index in [1.807, 2.05) is 12.1 Å². The topological polar surface area (TPSA) is 105 Å². The molecule has 0 atom stereocenters. The predicted octanol–water partition coefficient (Wildman–Crippen LogP) is 5.27. The van der Waals surface area contributed by atoms with E-state index >= 15 is 0 Å². The molecule has 10 heteroatoms. The molecular formula is C24H27N5O3S2. The van der Waals surface area contributed by atoms with Crippen LogP contribution in [0.5, 0.6) is 5.75 Å². The van der Waals surface area contributed by atoms with E-state index in [1.165, 1.54) is 55.2 Å². The average molecular weight is 498 g/mol. The van der Waals surface area contributed by atoms with Gasteiger partial charge in [0, 0.05) is 17.3 Å². The molecule has 34 heavy (non-hydrogen) atoms. The highest BCUT2D eigenvalue weighted by Crippen LogP contribution is 2.28. The lowest BCUT2D eigenvalue weighted by atomic mass is 9.96. The summed E-state index contributed by atoms with van der Waals surface area (Å²) in [6.07, 6.45) is 6.16. The van der Waals surface area contributed by atoms with Crippen LogP contribution in [-0.2, 0) is 4.79 Å². The molecule has 0 unspecified atom stereocenters. The maximum absolute atomic E-state index is 12.5. The first-order valence-corrected chi connectivity index (χ1v) is 13.0. The molecule has 0 bridgehead atoms. The molecule has 0 radical (unpaired) electrons. The molecule has 0 spiro atoms. The number of carbonyl (C=O) groups excluding carboxylic acids is 2. The summed E-state index contributed by atoms with van der Waals surface area (Å²) in [5.74, 6) is 0.415. The van der Waals surface area contributed by atoms with E-state index in [1.54, 1.807) is 43.5 Å². The average Bonchev–Trinajstić information content (AvgIpc) is 3.31. The zero-order valence-electron chi connectivity index (χ0n) is 18.9. The Balaban J connectivity index is 1.24. The third-order valence-corrected chi connectivity index (χ3v) is 7.44. The zero-order valence-corrected chi connectivity index (χ0v) is 20.5. The third-order valence-electron chi connectivity index (χ3n) is 5.45. The summed E-state index contributed by atoms with van der Waals surface area (Å²) in [6.45, 7) is 0. The molecule has 1 aliphatic carbocycles. The largest absolute Gasteiger partial charge is 0.495 e. The summed E-state index contributed by atoms with van der Waals surface area (Å²) in [4.78, 5) is 24.9. The lowest BCUT2D eigenvalue weighted by molar-refractivity contribution is -0.113. The minimum atomic E-state index is -0.258. The first-order valence-electron chi connectivity index (χ1n) is 11.2. The maximum atomic E-state index is 12.5. The van der Waals surface area contributed by atoms with Crippen molar-refractivity contribution in [2.45, 2.75) is 42.5 Å². The van der Waals surface area contributed by atoms with Crippen molar-refractivity contribution in [3.05, 3.63) is 54.1 Å². The van der Waals surface area contributed by atoms with Gasteiger partial charge in [-0.2, -0.15) is 0 Å². The molecular weight excluding hydrogens is 470 g/mol. The number of amides is 2. The number of nitrogens with zero attached hydrogens (tertiary/aromatic N) is 2. The highest BCUT2D eigenvalue weighted by Gasteiger charge is 2.16. The number of methoxy groups -OCH3 is 1. The number of aromatic nitrogens is 2. The van der Waals surface area contributed by atoms with E-state index in [9.17, 15) is 9.59 Å². The summed E-state index contributed by atoms with van der Waals surface area (Å²) in [5, 5.41) is 18.3. The van der Waals surface area contributed by atoms with Crippen molar-refractivity contribution in [2.75, 3.05) is 28.8 Å². The van der Waals surface area contributed by atoms with Gasteiger partial charge in [0.1, 0.15) is 5.75 Å². The standard InChI is InChI=1S/C24H27N5O3S2/c1-32-20-10-6-5-9-19(20)27-22(31)16-11-13-18(14-12-16)25-21(30)15-33-24-29-28-23(34-24)26-17-7-3-2-4-8-17/h5-6,9-14,17H,2-4,7-8,15H2,1H3,(H,25,30)(H,26,28)(H,27,31). The molecule has 2 amide bonds. The predicted molar refractivity (Wildman–Crippen MR) is 137 cm³/mol. The second kappa shape index (κ2) is 11.8. The number of rotatable bonds is 9. The Hall–Kier alpha value is -3.11. The molecule has 1 aromatic heterocycles. The first-order chi connectivity index (χ1) is 16.6. The molecule has 178 valence electrons. The number of ether oxygens (including phenoxy) is 1. The third kappa shape index (κ3) is 6.71. The minimum absolute atomic E-state index is 0.145. The highest BCUT2D eigenvalue weighted by atomic mass is 32.2. The molecule has 0 aliphatic heterocycles. The SMILES string of the molecule is COc1ccccc1NC(=O)c1ccc(NC(=O)CSc2nnc(NC3CCCCC3)s2)cc1. The van der Waals surface area contributed by atoms with Gasteiger partial charge in [-0.05, 0) is 49.2 Å². The number of carbonyl (C=O) groups is 2.